The van der Waals surface area contributed by atoms with Gasteiger partial charge in [-0.2, -0.15) is 0 Å². The highest BCUT2D eigenvalue weighted by Gasteiger charge is 2.31. The van der Waals surface area contributed by atoms with E-state index >= 15 is 0 Å². The van der Waals surface area contributed by atoms with Crippen LogP contribution in [0.5, 0.6) is 0 Å². The van der Waals surface area contributed by atoms with E-state index < -0.39 is 17.7 Å². The fraction of sp³-hybridized carbons (Fsp3) is 0.400. The second kappa shape index (κ2) is 4.87. The summed E-state index contributed by atoms with van der Waals surface area (Å²) >= 11 is 0. The second-order valence-corrected chi connectivity index (χ2v) is 5.59. The number of rotatable bonds is 2. The summed E-state index contributed by atoms with van der Waals surface area (Å²) in [4.78, 5) is 35.2. The first kappa shape index (κ1) is 13.6. The van der Waals surface area contributed by atoms with Crippen LogP contribution >= 0.6 is 0 Å². The lowest BCUT2D eigenvalue weighted by Crippen LogP contribution is -2.43. The topological polar surface area (TPSA) is 81.3 Å². The molecule has 21 heavy (non-hydrogen) atoms. The number of benzene rings is 1. The van der Waals surface area contributed by atoms with E-state index in [9.17, 15) is 14.4 Å². The molecular weight excluding hydrogens is 272 g/mol. The van der Waals surface area contributed by atoms with E-state index in [1.165, 1.54) is 4.57 Å². The molecule has 6 heteroatoms. The molecule has 2 aromatic rings. The van der Waals surface area contributed by atoms with Gasteiger partial charge in [0.1, 0.15) is 6.04 Å². The normalized spacial score (nSPS) is 19.3. The lowest BCUT2D eigenvalue weighted by molar-refractivity contribution is -0.135. The van der Waals surface area contributed by atoms with Gasteiger partial charge in [0.05, 0.1) is 5.52 Å². The molecule has 1 unspecified atom stereocenters. The first-order valence-electron chi connectivity index (χ1n) is 6.96. The van der Waals surface area contributed by atoms with E-state index in [1.54, 1.807) is 6.07 Å². The van der Waals surface area contributed by atoms with Crippen LogP contribution in [-0.4, -0.2) is 16.4 Å². The molecule has 1 aromatic heterocycles. The number of carbonyl (C=O) groups excluding carboxylic acids is 2. The molecule has 112 valence electrons. The van der Waals surface area contributed by atoms with Crippen LogP contribution < -0.4 is 11.1 Å². The number of aromatic nitrogens is 1. The van der Waals surface area contributed by atoms with Gasteiger partial charge in [-0.25, -0.2) is 4.79 Å². The Hall–Kier alpha value is -2.37. The average molecular weight is 290 g/mol. The Morgan fingerprint density at radius 3 is 2.76 bits per heavy atom. The van der Waals surface area contributed by atoms with E-state index in [-0.39, 0.29) is 13.8 Å². The largest absolute Gasteiger partial charge is 0.420 e. The van der Waals surface area contributed by atoms with Gasteiger partial charge in [-0.3, -0.25) is 19.5 Å². The number of amides is 2. The quantitative estimate of drug-likeness (QED) is 0.857. The van der Waals surface area contributed by atoms with Crippen LogP contribution in [0.1, 0.15) is 45.6 Å². The van der Waals surface area contributed by atoms with Gasteiger partial charge < -0.3 is 4.42 Å². The summed E-state index contributed by atoms with van der Waals surface area (Å²) < 4.78 is 6.60. The Bertz CT molecular complexity index is 790. The molecule has 1 N–H and O–H groups in total. The molecule has 0 spiro atoms. The van der Waals surface area contributed by atoms with E-state index in [1.807, 2.05) is 12.1 Å². The predicted octanol–water partition coefficient (Wildman–Crippen LogP) is 1.94. The number of hydrogen-bond acceptors (Lipinski definition) is 4. The zero-order valence-electron chi connectivity index (χ0n) is 11.9. The van der Waals surface area contributed by atoms with Gasteiger partial charge in [0.2, 0.25) is 11.8 Å². The summed E-state index contributed by atoms with van der Waals surface area (Å²) in [5, 5.41) is 2.26. The molecule has 6 nitrogen and oxygen atoms in total. The first-order valence-corrected chi connectivity index (χ1v) is 6.96. The van der Waals surface area contributed by atoms with Crippen molar-refractivity contribution in [2.75, 3.05) is 0 Å². The average Bonchev–Trinajstić information content (AvgIpc) is 2.74. The summed E-state index contributed by atoms with van der Waals surface area (Å²) in [7, 11) is 0. The van der Waals surface area contributed by atoms with Crippen molar-refractivity contribution in [2.24, 2.45) is 0 Å². The van der Waals surface area contributed by atoms with Crippen molar-refractivity contribution in [2.45, 2.75) is 38.6 Å². The Morgan fingerprint density at radius 1 is 1.33 bits per heavy atom. The van der Waals surface area contributed by atoms with E-state index in [0.29, 0.717) is 23.4 Å². The van der Waals surface area contributed by atoms with E-state index in [0.717, 1.165) is 5.56 Å². The van der Waals surface area contributed by atoms with E-state index in [4.69, 9.17) is 4.42 Å². The molecule has 1 atom stereocenters. The maximum Gasteiger partial charge on any atom is 0.420 e. The highest BCUT2D eigenvalue weighted by molar-refractivity contribution is 6.00. The Kier molecular flexibility index (Phi) is 3.16. The Morgan fingerprint density at radius 2 is 2.10 bits per heavy atom. The number of nitrogens with zero attached hydrogens (tertiary/aromatic N) is 1. The maximum absolute atomic E-state index is 12.1. The summed E-state index contributed by atoms with van der Waals surface area (Å²) in [6.45, 7) is 4.10. The van der Waals surface area contributed by atoms with Crippen LogP contribution in [0, 0.1) is 0 Å². The standard InChI is InChI=1S/C15H16N2O4.H2/c1-8(2)9-3-4-10-12(7-9)21-15(20)17(10)11-5-6-13(18)16-14(11)19;/h3-4,7-8,11H,5-6H2,1-2H3,(H,16,18,19);1H. The van der Waals surface area contributed by atoms with Crippen LogP contribution in [-0.2, 0) is 9.59 Å². The van der Waals surface area contributed by atoms with Crippen LogP contribution in [0.4, 0.5) is 0 Å². The summed E-state index contributed by atoms with van der Waals surface area (Å²) in [6.07, 6.45) is 0.532. The van der Waals surface area contributed by atoms with Crippen molar-refractivity contribution in [1.82, 2.24) is 9.88 Å². The number of nitrogens with one attached hydrogen (secondary N) is 1. The second-order valence-electron chi connectivity index (χ2n) is 5.59. The summed E-state index contributed by atoms with van der Waals surface area (Å²) in [5.41, 5.74) is 2.11. The summed E-state index contributed by atoms with van der Waals surface area (Å²) in [6, 6.07) is 4.84. The molecule has 0 radical (unpaired) electrons. The number of carbonyl (C=O) groups is 2. The molecule has 0 aliphatic carbocycles. The highest BCUT2D eigenvalue weighted by Crippen LogP contribution is 2.25. The number of oxazole rings is 1. The number of hydrogen-bond donors (Lipinski definition) is 1. The molecule has 3 rings (SSSR count). The molecule has 2 heterocycles. The number of piperidine rings is 1. The van der Waals surface area contributed by atoms with Crippen LogP contribution in [0.25, 0.3) is 11.1 Å². The number of fused-ring (bicyclic) bond motifs is 1. The molecule has 1 aliphatic heterocycles. The molecule has 1 aliphatic rings. The lowest BCUT2D eigenvalue weighted by Gasteiger charge is -2.21. The zero-order valence-corrected chi connectivity index (χ0v) is 11.9. The van der Waals surface area contributed by atoms with Crippen LogP contribution in [0.3, 0.4) is 0 Å². The van der Waals surface area contributed by atoms with E-state index in [2.05, 4.69) is 19.2 Å². The maximum atomic E-state index is 12.1. The fourth-order valence-electron chi connectivity index (χ4n) is 2.64. The molecular formula is C15H18N2O4. The number of imide groups is 1. The van der Waals surface area contributed by atoms with Crippen molar-refractivity contribution in [3.63, 3.8) is 0 Å². The first-order chi connectivity index (χ1) is 9.97. The van der Waals surface area contributed by atoms with Crippen LogP contribution in [0.15, 0.2) is 27.4 Å². The lowest BCUT2D eigenvalue weighted by atomic mass is 10.0. The fourth-order valence-corrected chi connectivity index (χ4v) is 2.64. The monoisotopic (exact) mass is 290 g/mol. The van der Waals surface area contributed by atoms with Gasteiger partial charge in [-0.15, -0.1) is 0 Å². The van der Waals surface area contributed by atoms with Crippen LogP contribution in [0.2, 0.25) is 0 Å². The van der Waals surface area contributed by atoms with Gasteiger partial charge in [0.15, 0.2) is 5.58 Å². The van der Waals surface area contributed by atoms with Gasteiger partial charge in [0, 0.05) is 7.85 Å². The van der Waals surface area contributed by atoms with Gasteiger partial charge >= 0.3 is 5.76 Å². The third kappa shape index (κ3) is 2.26. The van der Waals surface area contributed by atoms with Gasteiger partial charge in [0.25, 0.3) is 0 Å². The minimum atomic E-state index is -0.693. The van der Waals surface area contributed by atoms with Crippen molar-refractivity contribution in [3.8, 4) is 0 Å². The van der Waals surface area contributed by atoms with Crippen molar-refractivity contribution in [1.29, 1.82) is 0 Å². The highest BCUT2D eigenvalue weighted by atomic mass is 16.4. The summed E-state index contributed by atoms with van der Waals surface area (Å²) in [5.74, 6) is -1.01. The minimum Gasteiger partial charge on any atom is -0.408 e. The van der Waals surface area contributed by atoms with Gasteiger partial charge in [-0.05, 0) is 30.0 Å². The zero-order chi connectivity index (χ0) is 15.1. The third-order valence-electron chi connectivity index (χ3n) is 3.83. The molecule has 1 saturated heterocycles. The molecule has 0 bridgehead atoms. The van der Waals surface area contributed by atoms with Crippen molar-refractivity contribution < 1.29 is 15.4 Å². The molecule has 1 fully saturated rings. The van der Waals surface area contributed by atoms with Crippen molar-refractivity contribution >= 4 is 22.9 Å². The third-order valence-corrected chi connectivity index (χ3v) is 3.83. The molecule has 1 aromatic carbocycles. The predicted molar refractivity (Wildman–Crippen MR) is 78.1 cm³/mol. The minimum absolute atomic E-state index is 0. The molecule has 2 amide bonds. The smallest absolute Gasteiger partial charge is 0.408 e. The Balaban J connectivity index is 0.00000176. The van der Waals surface area contributed by atoms with Crippen molar-refractivity contribution in [3.05, 3.63) is 34.3 Å². The molecule has 0 saturated carbocycles. The Labute approximate surface area is 122 Å². The SMILES string of the molecule is CC(C)c1ccc2c(c1)oc(=O)n2C1CCC(=O)NC1=O.[HH]. The van der Waals surface area contributed by atoms with Gasteiger partial charge in [-0.1, -0.05) is 19.9 Å².